The molecular formula is C27H28F4N4O4. The van der Waals surface area contributed by atoms with Crippen LogP contribution in [0.2, 0.25) is 0 Å². The fourth-order valence-electron chi connectivity index (χ4n) is 4.13. The molecule has 2 heterocycles. The molecule has 0 aliphatic carbocycles. The molecule has 3 aromatic rings. The van der Waals surface area contributed by atoms with E-state index in [1.165, 1.54) is 17.0 Å². The number of para-hydroxylation sites is 1. The molecular weight excluding hydrogens is 520 g/mol. The summed E-state index contributed by atoms with van der Waals surface area (Å²) in [6.07, 6.45) is -4.05. The monoisotopic (exact) mass is 548 g/mol. The Balaban J connectivity index is 1.54. The maximum atomic E-state index is 16.1. The van der Waals surface area contributed by atoms with Gasteiger partial charge in [-0.15, -0.1) is 10.2 Å². The second kappa shape index (κ2) is 11.0. The first-order chi connectivity index (χ1) is 18.4. The smallest absolute Gasteiger partial charge is 0.410 e. The molecule has 0 saturated carbocycles. The first-order valence-corrected chi connectivity index (χ1v) is 12.3. The molecule has 1 fully saturated rings. The lowest BCUT2D eigenvalue weighted by molar-refractivity contribution is -0.133. The van der Waals surface area contributed by atoms with E-state index in [9.17, 15) is 18.4 Å². The van der Waals surface area contributed by atoms with Crippen molar-refractivity contribution in [2.75, 3.05) is 18.0 Å². The van der Waals surface area contributed by atoms with Crippen LogP contribution in [0.15, 0.2) is 52.9 Å². The third-order valence-corrected chi connectivity index (χ3v) is 6.16. The number of benzene rings is 2. The van der Waals surface area contributed by atoms with E-state index in [1.807, 2.05) is 0 Å². The Morgan fingerprint density at radius 2 is 1.77 bits per heavy atom. The molecule has 12 heteroatoms. The zero-order chi connectivity index (χ0) is 28.4. The van der Waals surface area contributed by atoms with Gasteiger partial charge >= 0.3 is 12.5 Å². The molecule has 0 spiro atoms. The summed E-state index contributed by atoms with van der Waals surface area (Å²) in [6.45, 7) is 4.83. The van der Waals surface area contributed by atoms with Crippen LogP contribution in [0.5, 0.6) is 0 Å². The molecule has 1 saturated heterocycles. The van der Waals surface area contributed by atoms with E-state index in [-0.39, 0.29) is 49.5 Å². The summed E-state index contributed by atoms with van der Waals surface area (Å²) in [5, 5.41) is 6.74. The minimum absolute atomic E-state index is 0.0202. The highest BCUT2D eigenvalue weighted by Gasteiger charge is 2.46. The number of carbonyl (C=O) groups is 2. The molecule has 0 N–H and O–H groups in total. The predicted octanol–water partition coefficient (Wildman–Crippen LogP) is 6.09. The van der Waals surface area contributed by atoms with Crippen LogP contribution in [0.4, 0.5) is 28.0 Å². The van der Waals surface area contributed by atoms with Crippen LogP contribution < -0.4 is 4.90 Å². The number of aromatic nitrogens is 2. The minimum atomic E-state index is -2.97. The van der Waals surface area contributed by atoms with Crippen molar-refractivity contribution in [2.24, 2.45) is 0 Å². The van der Waals surface area contributed by atoms with E-state index in [4.69, 9.17) is 9.15 Å². The van der Waals surface area contributed by atoms with Crippen molar-refractivity contribution < 1.29 is 36.3 Å². The number of anilines is 1. The first-order valence-electron chi connectivity index (χ1n) is 12.3. The summed E-state index contributed by atoms with van der Waals surface area (Å²) in [7, 11) is 0. The summed E-state index contributed by atoms with van der Waals surface area (Å²) >= 11 is 0. The Hall–Kier alpha value is -3.96. The number of nitrogens with zero attached hydrogens (tertiary/aromatic N) is 4. The normalized spacial score (nSPS) is 15.3. The maximum absolute atomic E-state index is 16.1. The van der Waals surface area contributed by atoms with E-state index >= 15 is 8.78 Å². The molecule has 2 amide bonds. The van der Waals surface area contributed by atoms with Crippen LogP contribution in [0.25, 0.3) is 11.5 Å². The molecule has 1 aromatic heterocycles. The van der Waals surface area contributed by atoms with Gasteiger partial charge in [-0.2, -0.15) is 8.78 Å². The summed E-state index contributed by atoms with van der Waals surface area (Å²) in [5.74, 6) is -2.81. The van der Waals surface area contributed by atoms with Crippen LogP contribution >= 0.6 is 0 Å². The van der Waals surface area contributed by atoms with Crippen LogP contribution in [0.1, 0.15) is 51.5 Å². The molecule has 39 heavy (non-hydrogen) atoms. The SMILES string of the molecule is CC(C)(C)OC(=O)N1CCC(F)(C(=O)N(Cc2ccc(-c3nnc(C(F)F)o3)cc2F)c2ccccc2)CC1. The van der Waals surface area contributed by atoms with Crippen molar-refractivity contribution in [1.82, 2.24) is 15.1 Å². The number of rotatable bonds is 6. The van der Waals surface area contributed by atoms with Gasteiger partial charge in [-0.3, -0.25) is 4.79 Å². The summed E-state index contributed by atoms with van der Waals surface area (Å²) in [4.78, 5) is 28.5. The second-order valence-corrected chi connectivity index (χ2v) is 10.2. The molecule has 208 valence electrons. The van der Waals surface area contributed by atoms with Crippen LogP contribution in [0.3, 0.4) is 0 Å². The lowest BCUT2D eigenvalue weighted by atomic mass is 9.91. The van der Waals surface area contributed by atoms with Crippen molar-refractivity contribution in [3.63, 3.8) is 0 Å². The van der Waals surface area contributed by atoms with Gasteiger partial charge in [-0.1, -0.05) is 24.3 Å². The van der Waals surface area contributed by atoms with E-state index < -0.39 is 41.4 Å². The average Bonchev–Trinajstić information content (AvgIpc) is 3.38. The molecule has 0 unspecified atom stereocenters. The quantitative estimate of drug-likeness (QED) is 0.347. The average molecular weight is 549 g/mol. The largest absolute Gasteiger partial charge is 0.444 e. The van der Waals surface area contributed by atoms with Crippen molar-refractivity contribution in [2.45, 2.75) is 57.9 Å². The minimum Gasteiger partial charge on any atom is -0.444 e. The number of amides is 2. The fourth-order valence-corrected chi connectivity index (χ4v) is 4.13. The zero-order valence-corrected chi connectivity index (χ0v) is 21.7. The second-order valence-electron chi connectivity index (χ2n) is 10.2. The number of alkyl halides is 3. The molecule has 1 aliphatic heterocycles. The van der Waals surface area contributed by atoms with E-state index in [1.54, 1.807) is 51.1 Å². The topological polar surface area (TPSA) is 88.8 Å². The van der Waals surface area contributed by atoms with Gasteiger partial charge in [0.25, 0.3) is 11.8 Å². The molecule has 8 nitrogen and oxygen atoms in total. The van der Waals surface area contributed by atoms with Gasteiger partial charge in [-0.25, -0.2) is 13.6 Å². The van der Waals surface area contributed by atoms with Crippen molar-refractivity contribution >= 4 is 17.7 Å². The zero-order valence-electron chi connectivity index (χ0n) is 21.7. The number of piperidine rings is 1. The highest BCUT2D eigenvalue weighted by atomic mass is 19.3. The highest BCUT2D eigenvalue weighted by molar-refractivity contribution is 5.99. The summed E-state index contributed by atoms with van der Waals surface area (Å²) < 4.78 is 67.0. The van der Waals surface area contributed by atoms with Crippen molar-refractivity contribution in [1.29, 1.82) is 0 Å². The number of hydrogen-bond acceptors (Lipinski definition) is 6. The van der Waals surface area contributed by atoms with Crippen molar-refractivity contribution in [3.8, 4) is 11.5 Å². The first kappa shape index (κ1) is 28.1. The van der Waals surface area contributed by atoms with Gasteiger partial charge in [0.2, 0.25) is 5.89 Å². The van der Waals surface area contributed by atoms with Gasteiger partial charge in [-0.05, 0) is 45.0 Å². The van der Waals surface area contributed by atoms with Gasteiger partial charge in [0.05, 0.1) is 6.54 Å². The third kappa shape index (κ3) is 6.55. The molecule has 2 aromatic carbocycles. The van der Waals surface area contributed by atoms with Gasteiger partial charge in [0.1, 0.15) is 11.4 Å². The van der Waals surface area contributed by atoms with E-state index in [0.717, 1.165) is 11.0 Å². The molecule has 0 bridgehead atoms. The maximum Gasteiger partial charge on any atom is 0.410 e. The summed E-state index contributed by atoms with van der Waals surface area (Å²) in [6, 6.07) is 12.0. The Morgan fingerprint density at radius 1 is 1.10 bits per heavy atom. The lowest BCUT2D eigenvalue weighted by Crippen LogP contribution is -2.54. The van der Waals surface area contributed by atoms with Gasteiger partial charge in [0.15, 0.2) is 5.67 Å². The molecule has 0 radical (unpaired) electrons. The van der Waals surface area contributed by atoms with Crippen molar-refractivity contribution in [3.05, 3.63) is 65.8 Å². The lowest BCUT2D eigenvalue weighted by Gasteiger charge is -2.38. The van der Waals surface area contributed by atoms with Crippen LogP contribution in [0, 0.1) is 5.82 Å². The Kier molecular flexibility index (Phi) is 7.94. The van der Waals surface area contributed by atoms with E-state index in [2.05, 4.69) is 10.2 Å². The third-order valence-electron chi connectivity index (χ3n) is 6.16. The van der Waals surface area contributed by atoms with Crippen LogP contribution in [-0.2, 0) is 16.1 Å². The number of likely N-dealkylation sites (tertiary alicyclic amines) is 1. The molecule has 1 aliphatic rings. The van der Waals surface area contributed by atoms with Crippen LogP contribution in [-0.4, -0.2) is 51.5 Å². The Bertz CT molecular complexity index is 1320. The number of hydrogen-bond donors (Lipinski definition) is 0. The Labute approximate surface area is 222 Å². The Morgan fingerprint density at radius 3 is 2.33 bits per heavy atom. The van der Waals surface area contributed by atoms with Gasteiger partial charge < -0.3 is 19.0 Å². The standard InChI is InChI=1S/C27H28F4N4O4/c1-26(2,3)39-25(37)34-13-11-27(31,12-14-34)24(36)35(19-7-5-4-6-8-19)16-18-10-9-17(15-20(18)28)22-32-33-23(38-22)21(29)30/h4-10,15,21H,11-14,16H2,1-3H3. The number of halogens is 4. The predicted molar refractivity (Wildman–Crippen MR) is 133 cm³/mol. The number of ether oxygens (including phenoxy) is 1. The fraction of sp³-hybridized carbons (Fsp3) is 0.407. The number of carbonyl (C=O) groups excluding carboxylic acids is 2. The molecule has 0 atom stereocenters. The highest BCUT2D eigenvalue weighted by Crippen LogP contribution is 2.33. The van der Waals surface area contributed by atoms with E-state index in [0.29, 0.717) is 5.69 Å². The summed E-state index contributed by atoms with van der Waals surface area (Å²) in [5.41, 5.74) is -2.52. The molecule has 4 rings (SSSR count). The van der Waals surface area contributed by atoms with Gasteiger partial charge in [0, 0.05) is 42.7 Å².